The standard InChI is InChI=1S/C22H34BNO4/c1-21(2,3)27-19(25)17(14-16-10-8-12-18(23)15-16)11-9-13-24(7)20(26)28-22(4,5)6/h8,10,12,15,17H,9,11,13-14H2,1-7H3. The third-order valence-electron chi connectivity index (χ3n) is 3.92. The zero-order valence-corrected chi connectivity index (χ0v) is 18.4. The first-order valence-electron chi connectivity index (χ1n) is 9.78. The van der Waals surface area contributed by atoms with Crippen molar-refractivity contribution in [1.82, 2.24) is 4.90 Å². The van der Waals surface area contributed by atoms with E-state index >= 15 is 0 Å². The van der Waals surface area contributed by atoms with E-state index in [4.69, 9.17) is 17.3 Å². The molecule has 5 nitrogen and oxygen atoms in total. The molecule has 1 aromatic carbocycles. The van der Waals surface area contributed by atoms with Crippen LogP contribution in [0.4, 0.5) is 4.79 Å². The average Bonchev–Trinajstić information content (AvgIpc) is 2.50. The first-order chi connectivity index (χ1) is 12.8. The number of benzene rings is 1. The normalized spacial score (nSPS) is 13.0. The number of hydrogen-bond acceptors (Lipinski definition) is 4. The van der Waals surface area contributed by atoms with Crippen molar-refractivity contribution in [3.8, 4) is 0 Å². The summed E-state index contributed by atoms with van der Waals surface area (Å²) in [6.07, 6.45) is 1.46. The number of nitrogens with zero attached hydrogens (tertiary/aromatic N) is 1. The number of hydrogen-bond donors (Lipinski definition) is 0. The van der Waals surface area contributed by atoms with E-state index in [2.05, 4.69) is 0 Å². The highest BCUT2D eigenvalue weighted by Gasteiger charge is 2.26. The van der Waals surface area contributed by atoms with E-state index in [0.29, 0.717) is 31.3 Å². The van der Waals surface area contributed by atoms with Crippen LogP contribution in [0.2, 0.25) is 0 Å². The Bertz CT molecular complexity index is 661. The molecule has 0 N–H and O–H groups in total. The summed E-state index contributed by atoms with van der Waals surface area (Å²) in [7, 11) is 7.56. The van der Waals surface area contributed by atoms with Crippen molar-refractivity contribution in [1.29, 1.82) is 0 Å². The summed E-state index contributed by atoms with van der Waals surface area (Å²) >= 11 is 0. The molecule has 0 aliphatic heterocycles. The van der Waals surface area contributed by atoms with Gasteiger partial charge in [0.15, 0.2) is 0 Å². The topological polar surface area (TPSA) is 55.8 Å². The van der Waals surface area contributed by atoms with Gasteiger partial charge < -0.3 is 14.4 Å². The predicted octanol–water partition coefficient (Wildman–Crippen LogP) is 3.63. The van der Waals surface area contributed by atoms with E-state index < -0.39 is 11.2 Å². The Balaban J connectivity index is 2.72. The van der Waals surface area contributed by atoms with Crippen LogP contribution in [0.3, 0.4) is 0 Å². The maximum atomic E-state index is 12.7. The average molecular weight is 387 g/mol. The minimum atomic E-state index is -0.543. The highest BCUT2D eigenvalue weighted by molar-refractivity contribution is 6.32. The Morgan fingerprint density at radius 2 is 1.68 bits per heavy atom. The Kier molecular flexibility index (Phi) is 8.59. The lowest BCUT2D eigenvalue weighted by atomic mass is 9.89. The van der Waals surface area contributed by atoms with Crippen LogP contribution in [0.25, 0.3) is 0 Å². The molecule has 1 unspecified atom stereocenters. The van der Waals surface area contributed by atoms with Crippen molar-refractivity contribution < 1.29 is 19.1 Å². The van der Waals surface area contributed by atoms with Gasteiger partial charge in [-0.05, 0) is 66.4 Å². The van der Waals surface area contributed by atoms with Gasteiger partial charge >= 0.3 is 12.1 Å². The second-order valence-electron chi connectivity index (χ2n) is 9.22. The van der Waals surface area contributed by atoms with Crippen LogP contribution >= 0.6 is 0 Å². The lowest BCUT2D eigenvalue weighted by molar-refractivity contribution is -0.160. The van der Waals surface area contributed by atoms with E-state index in [9.17, 15) is 9.59 Å². The number of rotatable bonds is 7. The summed E-state index contributed by atoms with van der Waals surface area (Å²) in [5.41, 5.74) is 0.595. The van der Waals surface area contributed by atoms with Gasteiger partial charge in [0.25, 0.3) is 0 Å². The lowest BCUT2D eigenvalue weighted by Crippen LogP contribution is -2.35. The quantitative estimate of drug-likeness (QED) is 0.530. The van der Waals surface area contributed by atoms with Crippen molar-refractivity contribution in [3.63, 3.8) is 0 Å². The molecule has 0 aliphatic rings. The molecular weight excluding hydrogens is 353 g/mol. The summed E-state index contributed by atoms with van der Waals surface area (Å²) in [6, 6.07) is 7.54. The molecule has 1 amide bonds. The monoisotopic (exact) mass is 387 g/mol. The summed E-state index contributed by atoms with van der Waals surface area (Å²) in [5.74, 6) is -0.525. The molecular formula is C22H34BNO4. The van der Waals surface area contributed by atoms with Gasteiger partial charge in [-0.2, -0.15) is 0 Å². The predicted molar refractivity (Wildman–Crippen MR) is 113 cm³/mol. The fourth-order valence-corrected chi connectivity index (χ4v) is 2.70. The SMILES string of the molecule is [B]c1cccc(CC(CCCN(C)C(=O)OC(C)(C)C)C(=O)OC(C)(C)C)c1. The summed E-state index contributed by atoms with van der Waals surface area (Å²) in [6.45, 7) is 11.6. The zero-order valence-electron chi connectivity index (χ0n) is 18.4. The Labute approximate surface area is 171 Å². The Morgan fingerprint density at radius 3 is 2.21 bits per heavy atom. The Morgan fingerprint density at radius 1 is 1.07 bits per heavy atom. The Hall–Kier alpha value is -1.98. The van der Waals surface area contributed by atoms with Crippen molar-refractivity contribution in [2.45, 2.75) is 72.0 Å². The molecule has 0 saturated heterocycles. The molecule has 0 aliphatic carbocycles. The van der Waals surface area contributed by atoms with Crippen molar-refractivity contribution >= 4 is 25.4 Å². The van der Waals surface area contributed by atoms with Crippen LogP contribution in [0.15, 0.2) is 24.3 Å². The van der Waals surface area contributed by atoms with Crippen LogP contribution in [0, 0.1) is 5.92 Å². The minimum Gasteiger partial charge on any atom is -0.460 e. The van der Waals surface area contributed by atoms with Crippen LogP contribution in [0.1, 0.15) is 59.9 Å². The summed E-state index contributed by atoms with van der Waals surface area (Å²) in [5, 5.41) is 0. The fourth-order valence-electron chi connectivity index (χ4n) is 2.70. The van der Waals surface area contributed by atoms with Gasteiger partial charge in [0.05, 0.1) is 5.92 Å². The lowest BCUT2D eigenvalue weighted by Gasteiger charge is -2.26. The number of amides is 1. The first kappa shape index (κ1) is 24.1. The number of carbonyl (C=O) groups excluding carboxylic acids is 2. The molecule has 0 spiro atoms. The molecule has 1 rings (SSSR count). The van der Waals surface area contributed by atoms with E-state index in [1.807, 2.05) is 65.8 Å². The minimum absolute atomic E-state index is 0.227. The van der Waals surface area contributed by atoms with Crippen LogP contribution in [-0.4, -0.2) is 49.6 Å². The first-order valence-corrected chi connectivity index (χ1v) is 9.78. The van der Waals surface area contributed by atoms with Crippen LogP contribution in [-0.2, 0) is 20.7 Å². The molecule has 0 saturated carbocycles. The number of esters is 1. The van der Waals surface area contributed by atoms with Crippen LogP contribution < -0.4 is 5.46 Å². The molecule has 0 bridgehead atoms. The third-order valence-corrected chi connectivity index (χ3v) is 3.92. The molecule has 154 valence electrons. The summed E-state index contributed by atoms with van der Waals surface area (Å²) in [4.78, 5) is 26.3. The van der Waals surface area contributed by atoms with Gasteiger partial charge in [-0.3, -0.25) is 4.79 Å². The summed E-state index contributed by atoms with van der Waals surface area (Å²) < 4.78 is 11.0. The van der Waals surface area contributed by atoms with Crippen molar-refractivity contribution in [3.05, 3.63) is 29.8 Å². The molecule has 6 heteroatoms. The van der Waals surface area contributed by atoms with Crippen molar-refractivity contribution in [2.75, 3.05) is 13.6 Å². The van der Waals surface area contributed by atoms with E-state index in [-0.39, 0.29) is 18.0 Å². The van der Waals surface area contributed by atoms with Gasteiger partial charge in [0.2, 0.25) is 0 Å². The van der Waals surface area contributed by atoms with Gasteiger partial charge in [-0.25, -0.2) is 4.79 Å². The highest BCUT2D eigenvalue weighted by Crippen LogP contribution is 2.20. The van der Waals surface area contributed by atoms with E-state index in [1.54, 1.807) is 7.05 Å². The maximum Gasteiger partial charge on any atom is 0.410 e. The second kappa shape index (κ2) is 9.99. The molecule has 28 heavy (non-hydrogen) atoms. The fraction of sp³-hybridized carbons (Fsp3) is 0.636. The second-order valence-corrected chi connectivity index (χ2v) is 9.22. The smallest absolute Gasteiger partial charge is 0.410 e. The number of carbonyl (C=O) groups is 2. The molecule has 2 radical (unpaired) electrons. The third kappa shape index (κ3) is 9.81. The highest BCUT2D eigenvalue weighted by atomic mass is 16.6. The van der Waals surface area contributed by atoms with E-state index in [1.165, 1.54) is 4.90 Å². The van der Waals surface area contributed by atoms with Gasteiger partial charge in [0, 0.05) is 13.6 Å². The zero-order chi connectivity index (χ0) is 21.5. The van der Waals surface area contributed by atoms with Gasteiger partial charge in [-0.1, -0.05) is 29.7 Å². The maximum absolute atomic E-state index is 12.7. The molecule has 0 heterocycles. The number of ether oxygens (including phenoxy) is 2. The van der Waals surface area contributed by atoms with Gasteiger partial charge in [-0.15, -0.1) is 0 Å². The molecule has 1 aromatic rings. The van der Waals surface area contributed by atoms with Gasteiger partial charge in [0.1, 0.15) is 19.0 Å². The molecule has 0 aromatic heterocycles. The van der Waals surface area contributed by atoms with Crippen molar-refractivity contribution in [2.24, 2.45) is 5.92 Å². The molecule has 1 atom stereocenters. The molecule has 0 fully saturated rings. The van der Waals surface area contributed by atoms with Crippen LogP contribution in [0.5, 0.6) is 0 Å². The largest absolute Gasteiger partial charge is 0.460 e. The van der Waals surface area contributed by atoms with E-state index in [0.717, 1.165) is 5.56 Å².